The lowest BCUT2D eigenvalue weighted by atomic mass is 10.0. The number of aryl methyl sites for hydroxylation is 1. The van der Waals surface area contributed by atoms with E-state index in [1.54, 1.807) is 0 Å². The topological polar surface area (TPSA) is 39.7 Å². The predicted molar refractivity (Wildman–Crippen MR) is 108 cm³/mol. The van der Waals surface area contributed by atoms with Gasteiger partial charge in [-0.2, -0.15) is 0 Å². The van der Waals surface area contributed by atoms with Crippen molar-refractivity contribution in [2.45, 2.75) is 52.4 Å². The second-order valence-electron chi connectivity index (χ2n) is 7.21. The van der Waals surface area contributed by atoms with Crippen molar-refractivity contribution in [1.29, 1.82) is 0 Å². The molecule has 140 valence electrons. The van der Waals surface area contributed by atoms with Crippen molar-refractivity contribution < 1.29 is 0 Å². The number of benzene rings is 1. The van der Waals surface area contributed by atoms with Crippen LogP contribution in [0.4, 0.5) is 0 Å². The number of aliphatic imine (C=N–C) groups is 1. The van der Waals surface area contributed by atoms with E-state index in [1.807, 2.05) is 0 Å². The lowest BCUT2D eigenvalue weighted by Crippen LogP contribution is -2.38. The third-order valence-corrected chi connectivity index (χ3v) is 4.91. The number of likely N-dealkylation sites (tertiary alicyclic amines) is 1. The van der Waals surface area contributed by atoms with Gasteiger partial charge in [-0.25, -0.2) is 0 Å². The summed E-state index contributed by atoms with van der Waals surface area (Å²) in [6.45, 7) is 13.1. The molecule has 0 radical (unpaired) electrons. The lowest BCUT2D eigenvalue weighted by Gasteiger charge is -2.16. The van der Waals surface area contributed by atoms with Gasteiger partial charge in [0.1, 0.15) is 0 Å². The van der Waals surface area contributed by atoms with Crippen LogP contribution in [0.2, 0.25) is 0 Å². The van der Waals surface area contributed by atoms with E-state index in [-0.39, 0.29) is 0 Å². The zero-order valence-electron chi connectivity index (χ0n) is 16.4. The first kappa shape index (κ1) is 19.8. The fraction of sp³-hybridized carbons (Fsp3) is 0.667. The first-order valence-electron chi connectivity index (χ1n) is 10.00. The summed E-state index contributed by atoms with van der Waals surface area (Å²) >= 11 is 0. The summed E-state index contributed by atoms with van der Waals surface area (Å²) in [5.74, 6) is 1.38. The fourth-order valence-electron chi connectivity index (χ4n) is 3.24. The summed E-state index contributed by atoms with van der Waals surface area (Å²) in [6.07, 6.45) is 5.24. The summed E-state index contributed by atoms with van der Waals surface area (Å²) in [5.41, 5.74) is 2.67. The second-order valence-corrected chi connectivity index (χ2v) is 7.21. The minimum atomic E-state index is 0.436. The molecule has 25 heavy (non-hydrogen) atoms. The highest BCUT2D eigenvalue weighted by atomic mass is 15.2. The Bertz CT molecular complexity index is 503. The van der Waals surface area contributed by atoms with E-state index in [0.29, 0.717) is 5.92 Å². The van der Waals surface area contributed by atoms with Gasteiger partial charge in [0.15, 0.2) is 5.96 Å². The highest BCUT2D eigenvalue weighted by Crippen LogP contribution is 2.16. The van der Waals surface area contributed by atoms with Crippen LogP contribution in [-0.2, 0) is 0 Å². The molecule has 1 aliphatic heterocycles. The van der Waals surface area contributed by atoms with Gasteiger partial charge in [0.25, 0.3) is 0 Å². The Balaban J connectivity index is 1.70. The number of rotatable bonds is 9. The van der Waals surface area contributed by atoms with Crippen LogP contribution in [0.5, 0.6) is 0 Å². The van der Waals surface area contributed by atoms with E-state index in [4.69, 9.17) is 4.99 Å². The van der Waals surface area contributed by atoms with Crippen molar-refractivity contribution in [3.63, 3.8) is 0 Å². The largest absolute Gasteiger partial charge is 0.357 e. The summed E-state index contributed by atoms with van der Waals surface area (Å²) < 4.78 is 0. The summed E-state index contributed by atoms with van der Waals surface area (Å²) in [6, 6.07) is 8.79. The molecule has 0 aromatic heterocycles. The summed E-state index contributed by atoms with van der Waals surface area (Å²) in [5, 5.41) is 6.84. The summed E-state index contributed by atoms with van der Waals surface area (Å²) in [7, 11) is 0. The molecule has 0 amide bonds. The monoisotopic (exact) mass is 344 g/mol. The number of unbranched alkanes of at least 4 members (excludes halogenated alkanes) is 1. The Hall–Kier alpha value is -1.55. The number of hydrogen-bond donors (Lipinski definition) is 2. The van der Waals surface area contributed by atoms with Gasteiger partial charge in [0.05, 0.1) is 0 Å². The second kappa shape index (κ2) is 11.1. The summed E-state index contributed by atoms with van der Waals surface area (Å²) in [4.78, 5) is 7.36. The predicted octanol–water partition coefficient (Wildman–Crippen LogP) is 3.53. The molecule has 4 heteroatoms. The van der Waals surface area contributed by atoms with Crippen molar-refractivity contribution in [1.82, 2.24) is 15.5 Å². The minimum absolute atomic E-state index is 0.436. The van der Waals surface area contributed by atoms with Gasteiger partial charge in [0, 0.05) is 25.6 Å². The Kier molecular flexibility index (Phi) is 8.81. The van der Waals surface area contributed by atoms with Crippen LogP contribution >= 0.6 is 0 Å². The smallest absolute Gasteiger partial charge is 0.191 e. The highest BCUT2D eigenvalue weighted by Gasteiger charge is 2.10. The Morgan fingerprint density at radius 3 is 2.52 bits per heavy atom. The molecule has 0 spiro atoms. The average molecular weight is 345 g/mol. The van der Waals surface area contributed by atoms with Crippen molar-refractivity contribution in [3.05, 3.63) is 35.4 Å². The molecular weight excluding hydrogens is 308 g/mol. The fourth-order valence-corrected chi connectivity index (χ4v) is 3.24. The Labute approximate surface area is 154 Å². The molecule has 2 N–H and O–H groups in total. The number of nitrogens with zero attached hydrogens (tertiary/aromatic N) is 2. The molecular formula is C21H36N4. The van der Waals surface area contributed by atoms with Gasteiger partial charge in [-0.3, -0.25) is 4.99 Å². The van der Waals surface area contributed by atoms with E-state index in [2.05, 4.69) is 60.6 Å². The van der Waals surface area contributed by atoms with Gasteiger partial charge in [-0.1, -0.05) is 36.8 Å². The minimum Gasteiger partial charge on any atom is -0.357 e. The van der Waals surface area contributed by atoms with Crippen LogP contribution < -0.4 is 10.6 Å². The Morgan fingerprint density at radius 2 is 1.84 bits per heavy atom. The van der Waals surface area contributed by atoms with Crippen LogP contribution in [0.1, 0.15) is 56.6 Å². The molecule has 1 aromatic carbocycles. The van der Waals surface area contributed by atoms with E-state index < -0.39 is 0 Å². The molecule has 1 unspecified atom stereocenters. The maximum absolute atomic E-state index is 4.77. The van der Waals surface area contributed by atoms with Crippen molar-refractivity contribution >= 4 is 5.96 Å². The van der Waals surface area contributed by atoms with E-state index in [0.717, 1.165) is 25.6 Å². The van der Waals surface area contributed by atoms with Crippen LogP contribution in [-0.4, -0.2) is 50.1 Å². The van der Waals surface area contributed by atoms with Crippen LogP contribution in [0, 0.1) is 6.92 Å². The first-order valence-corrected chi connectivity index (χ1v) is 10.00. The normalized spacial score (nSPS) is 16.8. The van der Waals surface area contributed by atoms with Crippen LogP contribution in [0.25, 0.3) is 0 Å². The van der Waals surface area contributed by atoms with Gasteiger partial charge in [-0.15, -0.1) is 0 Å². The third-order valence-electron chi connectivity index (χ3n) is 4.91. The quantitative estimate of drug-likeness (QED) is 0.409. The van der Waals surface area contributed by atoms with E-state index >= 15 is 0 Å². The molecule has 1 atom stereocenters. The van der Waals surface area contributed by atoms with Crippen molar-refractivity contribution in [2.75, 3.05) is 39.3 Å². The van der Waals surface area contributed by atoms with Crippen LogP contribution in [0.3, 0.4) is 0 Å². The molecule has 1 aliphatic rings. The molecule has 2 rings (SSSR count). The maximum Gasteiger partial charge on any atom is 0.191 e. The average Bonchev–Trinajstić information content (AvgIpc) is 3.13. The van der Waals surface area contributed by atoms with Crippen molar-refractivity contribution in [2.24, 2.45) is 4.99 Å². The lowest BCUT2D eigenvalue weighted by molar-refractivity contribution is 0.330. The number of hydrogen-bond acceptors (Lipinski definition) is 2. The van der Waals surface area contributed by atoms with Crippen molar-refractivity contribution in [3.8, 4) is 0 Å². The zero-order chi connectivity index (χ0) is 17.9. The van der Waals surface area contributed by atoms with E-state index in [9.17, 15) is 0 Å². The van der Waals surface area contributed by atoms with Gasteiger partial charge < -0.3 is 15.5 Å². The molecule has 1 heterocycles. The third kappa shape index (κ3) is 7.47. The number of guanidine groups is 1. The molecule has 1 saturated heterocycles. The zero-order valence-corrected chi connectivity index (χ0v) is 16.4. The SMILES string of the molecule is CCNC(=NCC(C)c1ccc(C)cc1)NCCCCN1CCCC1. The van der Waals surface area contributed by atoms with Gasteiger partial charge >= 0.3 is 0 Å². The molecule has 0 saturated carbocycles. The Morgan fingerprint density at radius 1 is 1.12 bits per heavy atom. The maximum atomic E-state index is 4.77. The molecule has 1 aromatic rings. The molecule has 0 aliphatic carbocycles. The molecule has 4 nitrogen and oxygen atoms in total. The molecule has 1 fully saturated rings. The highest BCUT2D eigenvalue weighted by molar-refractivity contribution is 5.79. The standard InChI is InChI=1S/C21H36N4/c1-4-22-21(23-13-5-6-14-25-15-7-8-16-25)24-17-19(3)20-11-9-18(2)10-12-20/h9-12,19H,4-8,13-17H2,1-3H3,(H2,22,23,24). The van der Waals surface area contributed by atoms with E-state index in [1.165, 1.54) is 56.4 Å². The van der Waals surface area contributed by atoms with Gasteiger partial charge in [-0.05, 0) is 64.7 Å². The number of nitrogens with one attached hydrogen (secondary N) is 2. The molecule has 0 bridgehead atoms. The first-order chi connectivity index (χ1) is 12.2. The van der Waals surface area contributed by atoms with Crippen LogP contribution in [0.15, 0.2) is 29.3 Å². The van der Waals surface area contributed by atoms with Gasteiger partial charge in [0.2, 0.25) is 0 Å².